The third-order valence-electron chi connectivity index (χ3n) is 1.73. The number of aromatic nitrogens is 1. The number of rotatable bonds is 1. The summed E-state index contributed by atoms with van der Waals surface area (Å²) in [4.78, 5) is 13.3. The molecule has 0 fully saturated rings. The summed E-state index contributed by atoms with van der Waals surface area (Å²) in [6, 6.07) is 1.72. The summed E-state index contributed by atoms with van der Waals surface area (Å²) >= 11 is 1.81. The number of aromatic amines is 1. The Balaban J connectivity index is 2.42. The van der Waals surface area contributed by atoms with Crippen LogP contribution in [0.3, 0.4) is 0 Å². The van der Waals surface area contributed by atoms with Gasteiger partial charge in [0.1, 0.15) is 5.69 Å². The first-order valence-electron chi connectivity index (χ1n) is 3.29. The van der Waals surface area contributed by atoms with Crippen molar-refractivity contribution in [3.05, 3.63) is 23.0 Å². The van der Waals surface area contributed by atoms with E-state index in [1.165, 1.54) is 0 Å². The van der Waals surface area contributed by atoms with Crippen molar-refractivity contribution < 1.29 is 9.90 Å². The number of carboxylic acids is 1. The average molecular weight is 169 g/mol. The molecule has 1 aromatic heterocycles. The number of carboxylic acid groups (broad SMARTS) is 1. The Kier molecular flexibility index (Phi) is 1.42. The molecule has 2 heterocycles. The molecule has 58 valence electrons. The van der Waals surface area contributed by atoms with Gasteiger partial charge in [0.2, 0.25) is 0 Å². The van der Waals surface area contributed by atoms with Gasteiger partial charge in [0.15, 0.2) is 0 Å². The van der Waals surface area contributed by atoms with E-state index in [0.29, 0.717) is 5.69 Å². The second-order valence-corrected chi connectivity index (χ2v) is 3.47. The van der Waals surface area contributed by atoms with Crippen LogP contribution in [-0.2, 0) is 11.5 Å². The fraction of sp³-hybridized carbons (Fsp3) is 0.286. The number of H-pyrrole nitrogens is 1. The molecule has 0 aromatic carbocycles. The van der Waals surface area contributed by atoms with Crippen molar-refractivity contribution in [3.8, 4) is 0 Å². The van der Waals surface area contributed by atoms with E-state index in [9.17, 15) is 4.79 Å². The predicted molar refractivity (Wildman–Crippen MR) is 42.8 cm³/mol. The maximum absolute atomic E-state index is 10.5. The first-order chi connectivity index (χ1) is 5.27. The van der Waals surface area contributed by atoms with E-state index >= 15 is 0 Å². The van der Waals surface area contributed by atoms with Gasteiger partial charge in [0, 0.05) is 17.2 Å². The minimum Gasteiger partial charge on any atom is -0.477 e. The van der Waals surface area contributed by atoms with Gasteiger partial charge >= 0.3 is 5.97 Å². The number of hydrogen-bond donors (Lipinski definition) is 2. The largest absolute Gasteiger partial charge is 0.477 e. The molecule has 0 saturated carbocycles. The van der Waals surface area contributed by atoms with Gasteiger partial charge in [-0.15, -0.1) is 0 Å². The van der Waals surface area contributed by atoms with Gasteiger partial charge in [-0.05, 0) is 11.6 Å². The van der Waals surface area contributed by atoms with Crippen molar-refractivity contribution in [3.63, 3.8) is 0 Å². The van der Waals surface area contributed by atoms with E-state index in [-0.39, 0.29) is 0 Å². The Morgan fingerprint density at radius 1 is 1.64 bits per heavy atom. The van der Waals surface area contributed by atoms with Crippen LogP contribution in [0.4, 0.5) is 0 Å². The highest BCUT2D eigenvalue weighted by molar-refractivity contribution is 7.98. The van der Waals surface area contributed by atoms with Crippen LogP contribution in [0.25, 0.3) is 0 Å². The lowest BCUT2D eigenvalue weighted by Gasteiger charge is -1.87. The molecule has 1 aromatic rings. The van der Waals surface area contributed by atoms with Crippen molar-refractivity contribution in [2.45, 2.75) is 11.5 Å². The first-order valence-corrected chi connectivity index (χ1v) is 4.44. The maximum atomic E-state index is 10.5. The molecule has 0 atom stereocenters. The second-order valence-electron chi connectivity index (χ2n) is 2.48. The number of hydrogen-bond acceptors (Lipinski definition) is 2. The lowest BCUT2D eigenvalue weighted by molar-refractivity contribution is 0.0691. The van der Waals surface area contributed by atoms with Crippen molar-refractivity contribution in [1.29, 1.82) is 0 Å². The number of carbonyl (C=O) groups is 1. The highest BCUT2D eigenvalue weighted by Gasteiger charge is 2.16. The molecule has 11 heavy (non-hydrogen) atoms. The number of thioether (sulfide) groups is 1. The fourth-order valence-electron chi connectivity index (χ4n) is 1.18. The summed E-state index contributed by atoms with van der Waals surface area (Å²) in [5.41, 5.74) is 2.54. The Labute approximate surface area is 67.8 Å². The predicted octanol–water partition coefficient (Wildman–Crippen LogP) is 1.46. The zero-order chi connectivity index (χ0) is 7.84. The molecule has 0 radical (unpaired) electrons. The Hall–Kier alpha value is -0.900. The molecule has 0 bridgehead atoms. The van der Waals surface area contributed by atoms with Crippen molar-refractivity contribution >= 4 is 17.7 Å². The molecule has 0 saturated heterocycles. The molecule has 0 amide bonds. The minimum absolute atomic E-state index is 0.315. The van der Waals surface area contributed by atoms with Crippen LogP contribution in [0.15, 0.2) is 6.07 Å². The lowest BCUT2D eigenvalue weighted by atomic mass is 10.3. The molecule has 3 nitrogen and oxygen atoms in total. The Morgan fingerprint density at radius 2 is 2.45 bits per heavy atom. The summed E-state index contributed by atoms with van der Waals surface area (Å²) in [6.07, 6.45) is 0. The van der Waals surface area contributed by atoms with E-state index in [1.54, 1.807) is 17.8 Å². The van der Waals surface area contributed by atoms with Crippen molar-refractivity contribution in [2.24, 2.45) is 0 Å². The van der Waals surface area contributed by atoms with Crippen LogP contribution in [-0.4, -0.2) is 16.1 Å². The van der Waals surface area contributed by atoms with Gasteiger partial charge < -0.3 is 10.1 Å². The highest BCUT2D eigenvalue weighted by atomic mass is 32.2. The van der Waals surface area contributed by atoms with Crippen LogP contribution < -0.4 is 0 Å². The Morgan fingerprint density at radius 3 is 3.09 bits per heavy atom. The highest BCUT2D eigenvalue weighted by Crippen LogP contribution is 2.29. The summed E-state index contributed by atoms with van der Waals surface area (Å²) in [7, 11) is 0. The summed E-state index contributed by atoms with van der Waals surface area (Å²) < 4.78 is 0. The van der Waals surface area contributed by atoms with E-state index in [0.717, 1.165) is 22.8 Å². The van der Waals surface area contributed by atoms with E-state index < -0.39 is 5.97 Å². The third-order valence-corrected chi connectivity index (χ3v) is 2.73. The summed E-state index contributed by atoms with van der Waals surface area (Å²) in [6.45, 7) is 0. The SMILES string of the molecule is O=C(O)c1cc2c([nH]1)CSC2. The minimum atomic E-state index is -0.871. The molecule has 2 N–H and O–H groups in total. The third kappa shape index (κ3) is 1.03. The maximum Gasteiger partial charge on any atom is 0.352 e. The standard InChI is InChI=1S/C7H7NO2S/c9-7(10)5-1-4-2-11-3-6(4)8-5/h1,8H,2-3H2,(H,9,10). The summed E-state index contributed by atoms with van der Waals surface area (Å²) in [5, 5.41) is 8.60. The van der Waals surface area contributed by atoms with Gasteiger partial charge in [0.05, 0.1) is 0 Å². The smallest absolute Gasteiger partial charge is 0.352 e. The van der Waals surface area contributed by atoms with Crippen molar-refractivity contribution in [1.82, 2.24) is 4.98 Å². The van der Waals surface area contributed by atoms with E-state index in [1.807, 2.05) is 0 Å². The number of aromatic carboxylic acids is 1. The molecular formula is C7H7NO2S. The monoisotopic (exact) mass is 169 g/mol. The zero-order valence-corrected chi connectivity index (χ0v) is 6.57. The molecule has 1 aliphatic rings. The van der Waals surface area contributed by atoms with Gasteiger partial charge in [-0.25, -0.2) is 4.79 Å². The molecule has 2 rings (SSSR count). The van der Waals surface area contributed by atoms with Gasteiger partial charge in [0.25, 0.3) is 0 Å². The van der Waals surface area contributed by atoms with Gasteiger partial charge in [-0.2, -0.15) is 11.8 Å². The van der Waals surface area contributed by atoms with Crippen LogP contribution >= 0.6 is 11.8 Å². The molecule has 0 unspecified atom stereocenters. The molecular weight excluding hydrogens is 162 g/mol. The molecule has 0 aliphatic carbocycles. The molecule has 0 spiro atoms. The zero-order valence-electron chi connectivity index (χ0n) is 5.76. The summed E-state index contributed by atoms with van der Waals surface area (Å²) in [5.74, 6) is 0.992. The van der Waals surface area contributed by atoms with Crippen LogP contribution in [0.1, 0.15) is 21.7 Å². The number of nitrogens with one attached hydrogen (secondary N) is 1. The lowest BCUT2D eigenvalue weighted by Crippen LogP contribution is -1.96. The van der Waals surface area contributed by atoms with Crippen LogP contribution in [0.5, 0.6) is 0 Å². The average Bonchev–Trinajstić information content (AvgIpc) is 2.40. The van der Waals surface area contributed by atoms with Gasteiger partial charge in [-0.1, -0.05) is 0 Å². The number of fused-ring (bicyclic) bond motifs is 1. The fourth-order valence-corrected chi connectivity index (χ4v) is 2.22. The second kappa shape index (κ2) is 2.30. The Bertz CT molecular complexity index is 284. The quantitative estimate of drug-likeness (QED) is 0.669. The van der Waals surface area contributed by atoms with Crippen LogP contribution in [0.2, 0.25) is 0 Å². The van der Waals surface area contributed by atoms with Crippen LogP contribution in [0, 0.1) is 0 Å². The van der Waals surface area contributed by atoms with E-state index in [2.05, 4.69) is 4.98 Å². The molecule has 1 aliphatic heterocycles. The molecule has 4 heteroatoms. The van der Waals surface area contributed by atoms with Crippen molar-refractivity contribution in [2.75, 3.05) is 0 Å². The normalized spacial score (nSPS) is 14.9. The van der Waals surface area contributed by atoms with Gasteiger partial charge in [-0.3, -0.25) is 0 Å². The van der Waals surface area contributed by atoms with E-state index in [4.69, 9.17) is 5.11 Å². The topological polar surface area (TPSA) is 53.1 Å². The first kappa shape index (κ1) is 6.79.